The Hall–Kier alpha value is -3.18. The Labute approximate surface area is 229 Å². The molecule has 3 aromatic rings. The first-order chi connectivity index (χ1) is 18.5. The van der Waals surface area contributed by atoms with Crippen molar-refractivity contribution in [3.05, 3.63) is 48.0 Å². The van der Waals surface area contributed by atoms with E-state index in [-0.39, 0.29) is 25.2 Å². The Balaban J connectivity index is 1.71. The molecule has 0 bridgehead atoms. The Morgan fingerprint density at radius 2 is 1.92 bits per heavy atom. The lowest BCUT2D eigenvalue weighted by Gasteiger charge is -2.25. The maximum atomic E-state index is 13.9. The highest BCUT2D eigenvalue weighted by Crippen LogP contribution is 2.44. The van der Waals surface area contributed by atoms with E-state index in [0.29, 0.717) is 23.5 Å². The van der Waals surface area contributed by atoms with Crippen molar-refractivity contribution >= 4 is 36.8 Å². The summed E-state index contributed by atoms with van der Waals surface area (Å²) in [5, 5.41) is 2.84. The minimum atomic E-state index is -3.62. The van der Waals surface area contributed by atoms with Gasteiger partial charge in [0.25, 0.3) is 7.52 Å². The van der Waals surface area contributed by atoms with Crippen molar-refractivity contribution < 1.29 is 23.4 Å². The minimum absolute atomic E-state index is 0.0972. The van der Waals surface area contributed by atoms with Crippen molar-refractivity contribution in [2.24, 2.45) is 4.99 Å². The first-order valence-electron chi connectivity index (χ1n) is 12.7. The number of nitrogens with one attached hydrogen (secondary N) is 1. The summed E-state index contributed by atoms with van der Waals surface area (Å²) in [5.74, 6) is -0.0586. The first kappa shape index (κ1) is 30.4. The van der Waals surface area contributed by atoms with Gasteiger partial charge in [-0.3, -0.25) is 9.36 Å². The molecule has 39 heavy (non-hydrogen) atoms. The van der Waals surface area contributed by atoms with Crippen LogP contribution in [-0.4, -0.2) is 75.4 Å². The molecule has 1 unspecified atom stereocenters. The van der Waals surface area contributed by atoms with E-state index >= 15 is 0 Å². The number of carbonyl (C=O) groups excluding carboxylic acids is 1. The third-order valence-corrected chi connectivity index (χ3v) is 7.38. The second-order valence-electron chi connectivity index (χ2n) is 9.79. The largest absolute Gasteiger partial charge is 0.462 e. The van der Waals surface area contributed by atoms with Crippen LogP contribution in [0.5, 0.6) is 0 Å². The number of hydrogen-bond donors (Lipinski definition) is 1. The molecule has 0 radical (unpaired) electrons. The van der Waals surface area contributed by atoms with Gasteiger partial charge in [0.1, 0.15) is 18.7 Å². The molecule has 0 saturated heterocycles. The molecule has 2 aromatic heterocycles. The lowest BCUT2D eigenvalue weighted by atomic mass is 10.1. The fourth-order valence-electron chi connectivity index (χ4n) is 3.56. The lowest BCUT2D eigenvalue weighted by molar-refractivity contribution is -0.149. The van der Waals surface area contributed by atoms with Gasteiger partial charge in [0, 0.05) is 14.1 Å². The number of imidazole rings is 1. The number of rotatable bonds is 14. The van der Waals surface area contributed by atoms with E-state index in [9.17, 15) is 9.36 Å². The predicted molar refractivity (Wildman–Crippen MR) is 150 cm³/mol. The van der Waals surface area contributed by atoms with Crippen LogP contribution < -0.4 is 5.09 Å². The summed E-state index contributed by atoms with van der Waals surface area (Å²) in [4.78, 5) is 31.5. The molecule has 2 heterocycles. The average Bonchev–Trinajstić information content (AvgIpc) is 3.28. The highest BCUT2D eigenvalue weighted by atomic mass is 31.2. The Kier molecular flexibility index (Phi) is 10.7. The van der Waals surface area contributed by atoms with Crippen molar-refractivity contribution in [1.29, 1.82) is 0 Å². The molecule has 1 aromatic carbocycles. The van der Waals surface area contributed by atoms with E-state index in [1.807, 2.05) is 56.8 Å². The lowest BCUT2D eigenvalue weighted by Crippen LogP contribution is -2.36. The van der Waals surface area contributed by atoms with Crippen LogP contribution in [0.3, 0.4) is 0 Å². The molecule has 0 saturated carbocycles. The highest BCUT2D eigenvalue weighted by Gasteiger charge is 2.31. The molecule has 0 spiro atoms. The molecule has 1 N–H and O–H groups in total. The molecule has 3 atom stereocenters. The van der Waals surface area contributed by atoms with Crippen LogP contribution >= 0.6 is 7.52 Å². The molecule has 12 nitrogen and oxygen atoms in total. The van der Waals surface area contributed by atoms with Crippen LogP contribution in [0.4, 0.5) is 5.82 Å². The van der Waals surface area contributed by atoms with Crippen molar-refractivity contribution in [3.63, 3.8) is 0 Å². The van der Waals surface area contributed by atoms with Gasteiger partial charge in [0.2, 0.25) is 0 Å². The highest BCUT2D eigenvalue weighted by molar-refractivity contribution is 7.56. The third kappa shape index (κ3) is 8.93. The van der Waals surface area contributed by atoms with Gasteiger partial charge in [-0.15, -0.1) is 0 Å². The van der Waals surface area contributed by atoms with Gasteiger partial charge in [-0.05, 0) is 45.7 Å². The Morgan fingerprint density at radius 3 is 2.62 bits per heavy atom. The van der Waals surface area contributed by atoms with Crippen LogP contribution in [0.2, 0.25) is 0 Å². The number of nitrogens with zero attached hydrogens (tertiary/aromatic N) is 6. The maximum Gasteiger partial charge on any atom is 0.323 e. The standard InChI is InChI=1S/C26H38N7O5P/c1-18(2)38-26(34)21(5)31-39(35,37-13-22-11-9-8-10-19(22)3)17-36-20(4)12-33-16-29-23-24(30-15-32(6)7)27-14-28-25(23)33/h8-11,14-16,18,20-21H,12-13,17H2,1-7H3,(H,31,35)/b30-15-/t20-,21+,39?/m1/s1. The van der Waals surface area contributed by atoms with E-state index in [1.54, 1.807) is 38.3 Å². The fraction of sp³-hybridized carbons (Fsp3) is 0.500. The smallest absolute Gasteiger partial charge is 0.323 e. The summed E-state index contributed by atoms with van der Waals surface area (Å²) < 4.78 is 32.8. The molecule has 0 fully saturated rings. The second-order valence-corrected chi connectivity index (χ2v) is 11.9. The summed E-state index contributed by atoms with van der Waals surface area (Å²) in [6, 6.07) is 6.82. The summed E-state index contributed by atoms with van der Waals surface area (Å²) in [6.07, 6.45) is 3.79. The van der Waals surface area contributed by atoms with E-state index in [0.717, 1.165) is 11.1 Å². The number of aliphatic imine (C=N–C) groups is 1. The molecule has 3 rings (SSSR count). The van der Waals surface area contributed by atoms with Crippen LogP contribution in [-0.2, 0) is 36.5 Å². The van der Waals surface area contributed by atoms with Gasteiger partial charge < -0.3 is 23.5 Å². The number of aryl methyl sites for hydroxylation is 1. The van der Waals surface area contributed by atoms with Crippen LogP contribution in [0.15, 0.2) is 41.9 Å². The third-order valence-electron chi connectivity index (χ3n) is 5.56. The minimum Gasteiger partial charge on any atom is -0.462 e. The molecular formula is C26H38N7O5P. The fourth-order valence-corrected chi connectivity index (χ4v) is 5.28. The summed E-state index contributed by atoms with van der Waals surface area (Å²) in [7, 11) is 0.110. The topological polar surface area (TPSA) is 133 Å². The molecular weight excluding hydrogens is 521 g/mol. The second kappa shape index (κ2) is 13.7. The van der Waals surface area contributed by atoms with Crippen molar-refractivity contribution in [3.8, 4) is 0 Å². The molecule has 0 aliphatic carbocycles. The zero-order chi connectivity index (χ0) is 28.6. The van der Waals surface area contributed by atoms with Crippen molar-refractivity contribution in [2.45, 2.75) is 66.0 Å². The molecule has 0 aliphatic rings. The van der Waals surface area contributed by atoms with Crippen LogP contribution in [0.25, 0.3) is 11.2 Å². The monoisotopic (exact) mass is 559 g/mol. The quantitative estimate of drug-likeness (QED) is 0.133. The first-order valence-corrected chi connectivity index (χ1v) is 14.5. The zero-order valence-corrected chi connectivity index (χ0v) is 24.5. The summed E-state index contributed by atoms with van der Waals surface area (Å²) in [6.45, 7) is 9.38. The Morgan fingerprint density at radius 1 is 1.18 bits per heavy atom. The molecule has 0 aliphatic heterocycles. The van der Waals surface area contributed by atoms with Gasteiger partial charge in [0.15, 0.2) is 17.0 Å². The normalized spacial score (nSPS) is 15.0. The Bertz CT molecular complexity index is 1330. The van der Waals surface area contributed by atoms with Gasteiger partial charge in [-0.2, -0.15) is 0 Å². The molecule has 13 heteroatoms. The molecule has 212 valence electrons. The number of carbonyl (C=O) groups is 1. The van der Waals surface area contributed by atoms with E-state index in [2.05, 4.69) is 25.0 Å². The number of benzene rings is 1. The van der Waals surface area contributed by atoms with Crippen LogP contribution in [0.1, 0.15) is 38.8 Å². The van der Waals surface area contributed by atoms with E-state index in [1.165, 1.54) is 6.33 Å². The molecule has 0 amide bonds. The number of ether oxygens (including phenoxy) is 2. The van der Waals surface area contributed by atoms with Gasteiger partial charge in [0.05, 0.1) is 38.0 Å². The number of aromatic nitrogens is 4. The van der Waals surface area contributed by atoms with Gasteiger partial charge in [-0.25, -0.2) is 25.0 Å². The average molecular weight is 560 g/mol. The van der Waals surface area contributed by atoms with Gasteiger partial charge >= 0.3 is 5.97 Å². The summed E-state index contributed by atoms with van der Waals surface area (Å²) in [5.41, 5.74) is 3.07. The number of esters is 1. The van der Waals surface area contributed by atoms with Crippen molar-refractivity contribution in [2.75, 3.05) is 20.4 Å². The SMILES string of the molecule is Cc1ccccc1COP(=O)(CO[C@H](C)Cn1cnc2c(/N=C\N(C)C)ncnc21)N[C@@H](C)C(=O)OC(C)C. The van der Waals surface area contributed by atoms with E-state index < -0.39 is 19.5 Å². The summed E-state index contributed by atoms with van der Waals surface area (Å²) >= 11 is 0. The van der Waals surface area contributed by atoms with Crippen molar-refractivity contribution in [1.82, 2.24) is 29.5 Å². The predicted octanol–water partition coefficient (Wildman–Crippen LogP) is 4.06. The van der Waals surface area contributed by atoms with E-state index in [4.69, 9.17) is 14.0 Å². The number of fused-ring (bicyclic) bond motifs is 1. The van der Waals surface area contributed by atoms with Crippen LogP contribution in [0, 0.1) is 6.92 Å². The van der Waals surface area contributed by atoms with Gasteiger partial charge in [-0.1, -0.05) is 24.3 Å². The number of hydrogen-bond acceptors (Lipinski definition) is 9. The maximum absolute atomic E-state index is 13.9. The zero-order valence-electron chi connectivity index (χ0n) is 23.6.